The first-order valence-corrected chi connectivity index (χ1v) is 17.8. The van der Waals surface area contributed by atoms with Gasteiger partial charge in [-0.05, 0) is 50.0 Å². The van der Waals surface area contributed by atoms with Crippen LogP contribution >= 0.6 is 22.7 Å². The molecular formula is C33H42N6O5S2. The highest BCUT2D eigenvalue weighted by Gasteiger charge is 2.29. The van der Waals surface area contributed by atoms with E-state index in [0.29, 0.717) is 68.4 Å². The van der Waals surface area contributed by atoms with E-state index in [1.807, 2.05) is 30.3 Å². The third kappa shape index (κ3) is 9.20. The van der Waals surface area contributed by atoms with E-state index in [2.05, 4.69) is 39.8 Å². The molecule has 4 bridgehead atoms. The van der Waals surface area contributed by atoms with Crippen LogP contribution in [0.3, 0.4) is 0 Å². The molecule has 1 fully saturated rings. The molecule has 4 amide bonds. The van der Waals surface area contributed by atoms with E-state index in [-0.39, 0.29) is 53.4 Å². The van der Waals surface area contributed by atoms with E-state index >= 15 is 0 Å². The number of benzene rings is 1. The fourth-order valence-corrected chi connectivity index (χ4v) is 7.36. The highest BCUT2D eigenvalue weighted by Crippen LogP contribution is 2.27. The molecule has 46 heavy (non-hydrogen) atoms. The zero-order chi connectivity index (χ0) is 32.5. The van der Waals surface area contributed by atoms with Gasteiger partial charge in [0.05, 0.1) is 12.1 Å². The molecule has 2 aromatic heterocycles. The van der Waals surface area contributed by atoms with Crippen LogP contribution in [-0.2, 0) is 20.7 Å². The molecule has 0 saturated carbocycles. The first kappa shape index (κ1) is 33.7. The Labute approximate surface area is 277 Å². The monoisotopic (exact) mass is 666 g/mol. The van der Waals surface area contributed by atoms with Gasteiger partial charge in [0.15, 0.2) is 0 Å². The Morgan fingerprint density at radius 3 is 2.33 bits per heavy atom. The third-order valence-corrected chi connectivity index (χ3v) is 9.89. The average molecular weight is 667 g/mol. The highest BCUT2D eigenvalue weighted by molar-refractivity contribution is 7.10. The molecule has 2 aliphatic heterocycles. The largest absolute Gasteiger partial charge is 0.368 e. The van der Waals surface area contributed by atoms with Crippen LogP contribution in [0.4, 0.5) is 0 Å². The fourth-order valence-electron chi connectivity index (χ4n) is 5.65. The number of nitrogens with zero attached hydrogens (tertiary/aromatic N) is 3. The number of rotatable bonds is 5. The van der Waals surface area contributed by atoms with E-state index in [1.54, 1.807) is 15.7 Å². The maximum Gasteiger partial charge on any atom is 0.271 e. The van der Waals surface area contributed by atoms with Gasteiger partial charge in [0, 0.05) is 43.4 Å². The van der Waals surface area contributed by atoms with E-state index in [0.717, 1.165) is 12.0 Å². The van der Waals surface area contributed by atoms with Gasteiger partial charge in [0.1, 0.15) is 27.5 Å². The Morgan fingerprint density at radius 2 is 1.63 bits per heavy atom. The normalized spacial score (nSPS) is 22.1. The Hall–Kier alpha value is -3.68. The number of aromatic nitrogens is 2. The average Bonchev–Trinajstić information content (AvgIpc) is 3.83. The predicted molar refractivity (Wildman–Crippen MR) is 177 cm³/mol. The number of fused-ring (bicyclic) bond motifs is 4. The van der Waals surface area contributed by atoms with Crippen LogP contribution in [0.2, 0.25) is 0 Å². The zero-order valence-corrected chi connectivity index (χ0v) is 28.0. The maximum atomic E-state index is 13.5. The molecule has 0 aliphatic carbocycles. The van der Waals surface area contributed by atoms with E-state index in [1.165, 1.54) is 22.7 Å². The quantitative estimate of drug-likeness (QED) is 0.366. The molecule has 246 valence electrons. The minimum atomic E-state index is -0.482. The van der Waals surface area contributed by atoms with Crippen LogP contribution in [0.15, 0.2) is 41.1 Å². The minimum Gasteiger partial charge on any atom is -0.368 e. The minimum absolute atomic E-state index is 0.0682. The number of hydrogen-bond donors (Lipinski definition) is 3. The molecule has 0 radical (unpaired) electrons. The van der Waals surface area contributed by atoms with Crippen molar-refractivity contribution in [3.63, 3.8) is 0 Å². The lowest BCUT2D eigenvalue weighted by Crippen LogP contribution is -2.41. The van der Waals surface area contributed by atoms with Crippen molar-refractivity contribution in [2.24, 2.45) is 5.92 Å². The molecule has 3 atom stereocenters. The van der Waals surface area contributed by atoms with Crippen LogP contribution in [0.5, 0.6) is 0 Å². The van der Waals surface area contributed by atoms with Gasteiger partial charge < -0.3 is 25.6 Å². The van der Waals surface area contributed by atoms with E-state index in [4.69, 9.17) is 4.74 Å². The molecule has 1 aromatic carbocycles. The molecular weight excluding hydrogens is 625 g/mol. The Kier molecular flexibility index (Phi) is 11.9. The molecule has 0 unspecified atom stereocenters. The number of nitrogens with one attached hydrogen (secondary N) is 3. The standard InChI is InChI=1S/C33H42N6O5S2/c1-21(2)17-23-31-38-26(20-46-31)30(42)36-24(18-22-9-4-3-5-10-22)32-37-25(19-45-32)29(41)34-13-8-15-39(14-6-12-28(40)35-23)33(43)27-11-7-16-44-27/h3-5,9-10,19-21,23-24,27H,6-8,11-18H2,1-2H3,(H,34,41)(H,35,40)(H,36,42)/t23-,24-,27-/m0/s1. The zero-order valence-electron chi connectivity index (χ0n) is 26.3. The van der Waals surface area contributed by atoms with Gasteiger partial charge in [-0.25, -0.2) is 9.97 Å². The van der Waals surface area contributed by atoms with Crippen LogP contribution in [0.25, 0.3) is 0 Å². The number of ether oxygens (including phenoxy) is 1. The van der Waals surface area contributed by atoms with Crippen molar-refractivity contribution in [2.75, 3.05) is 26.2 Å². The highest BCUT2D eigenvalue weighted by atomic mass is 32.1. The molecule has 13 heteroatoms. The number of carbonyl (C=O) groups is 4. The summed E-state index contributed by atoms with van der Waals surface area (Å²) in [6.45, 7) is 5.94. The summed E-state index contributed by atoms with van der Waals surface area (Å²) in [6.07, 6.45) is 3.51. The summed E-state index contributed by atoms with van der Waals surface area (Å²) in [5.41, 5.74) is 1.56. The topological polar surface area (TPSA) is 143 Å². The second kappa shape index (κ2) is 16.2. The van der Waals surface area contributed by atoms with Crippen molar-refractivity contribution in [2.45, 2.75) is 77.0 Å². The number of amides is 4. The Balaban J connectivity index is 1.40. The summed E-state index contributed by atoms with van der Waals surface area (Å²) < 4.78 is 5.66. The van der Waals surface area contributed by atoms with E-state index < -0.39 is 12.1 Å². The van der Waals surface area contributed by atoms with Gasteiger partial charge in [0.25, 0.3) is 17.7 Å². The van der Waals surface area contributed by atoms with Crippen LogP contribution < -0.4 is 16.0 Å². The van der Waals surface area contributed by atoms with Crippen LogP contribution in [0, 0.1) is 5.92 Å². The summed E-state index contributed by atoms with van der Waals surface area (Å²) in [6, 6.07) is 8.97. The smallest absolute Gasteiger partial charge is 0.271 e. The van der Waals surface area contributed by atoms with Gasteiger partial charge in [-0.2, -0.15) is 0 Å². The van der Waals surface area contributed by atoms with Crippen LogP contribution in [-0.4, -0.2) is 70.8 Å². The van der Waals surface area contributed by atoms with Crippen molar-refractivity contribution >= 4 is 46.3 Å². The van der Waals surface area contributed by atoms with Gasteiger partial charge >= 0.3 is 0 Å². The number of thiazole rings is 2. The van der Waals surface area contributed by atoms with Gasteiger partial charge in [-0.3, -0.25) is 19.2 Å². The molecule has 0 spiro atoms. The van der Waals surface area contributed by atoms with E-state index in [9.17, 15) is 19.2 Å². The molecule has 1 saturated heterocycles. The lowest BCUT2D eigenvalue weighted by atomic mass is 10.0. The molecule has 3 N–H and O–H groups in total. The van der Waals surface area contributed by atoms with Gasteiger partial charge in [-0.15, -0.1) is 22.7 Å². The molecule has 2 aliphatic rings. The summed E-state index contributed by atoms with van der Waals surface area (Å²) in [7, 11) is 0. The van der Waals surface area contributed by atoms with Crippen molar-refractivity contribution < 1.29 is 23.9 Å². The number of hydrogen-bond acceptors (Lipinski definition) is 9. The second-order valence-corrected chi connectivity index (χ2v) is 13.9. The van der Waals surface area contributed by atoms with Crippen molar-refractivity contribution in [3.05, 3.63) is 68.1 Å². The van der Waals surface area contributed by atoms with Crippen molar-refractivity contribution in [3.8, 4) is 0 Å². The number of carbonyl (C=O) groups excluding carboxylic acids is 4. The first-order valence-electron chi connectivity index (χ1n) is 16.0. The summed E-state index contributed by atoms with van der Waals surface area (Å²) in [5, 5.41) is 13.8. The van der Waals surface area contributed by atoms with Gasteiger partial charge in [0.2, 0.25) is 5.91 Å². The maximum absolute atomic E-state index is 13.5. The lowest BCUT2D eigenvalue weighted by molar-refractivity contribution is -0.141. The summed E-state index contributed by atoms with van der Waals surface area (Å²) >= 11 is 2.67. The van der Waals surface area contributed by atoms with Gasteiger partial charge in [-0.1, -0.05) is 44.2 Å². The third-order valence-electron chi connectivity index (χ3n) is 7.97. The molecule has 4 heterocycles. The first-order chi connectivity index (χ1) is 22.3. The molecule has 11 nitrogen and oxygen atoms in total. The lowest BCUT2D eigenvalue weighted by Gasteiger charge is -2.25. The molecule has 3 aromatic rings. The molecule has 5 rings (SSSR count). The van der Waals surface area contributed by atoms with Crippen molar-refractivity contribution in [1.82, 2.24) is 30.8 Å². The Morgan fingerprint density at radius 1 is 0.935 bits per heavy atom. The second-order valence-electron chi connectivity index (χ2n) is 12.1. The fraction of sp³-hybridized carbons (Fsp3) is 0.515. The SMILES string of the molecule is CC(C)C[C@@H]1NC(=O)CCCN(C(=O)[C@@H]2CCCO2)CCCNC(=O)c2csc(n2)[C@H](Cc2ccccc2)NC(=O)c2csc1n2. The summed E-state index contributed by atoms with van der Waals surface area (Å²) in [4.78, 5) is 63.9. The summed E-state index contributed by atoms with van der Waals surface area (Å²) in [5.74, 6) is -0.572. The Bertz CT molecular complexity index is 1490. The van der Waals surface area contributed by atoms with Crippen LogP contribution in [0.1, 0.15) is 101 Å². The van der Waals surface area contributed by atoms with Crippen molar-refractivity contribution in [1.29, 1.82) is 0 Å². The predicted octanol–water partition coefficient (Wildman–Crippen LogP) is 4.44.